The third-order valence-corrected chi connectivity index (χ3v) is 5.33. The molecule has 146 valence electrons. The zero-order valence-corrected chi connectivity index (χ0v) is 15.8. The standard InChI is InChI=1S/C17H14ClFN4O4S/c18-14-5-13(2-3-15(14)19)28(25,26)23-7-11-1-4-16(20-6-11)17(24)21-8-12-9-27-10-22-12/h1-6,9-10,23H,7-8H2,(H,21,24). The molecule has 0 aliphatic carbocycles. The molecule has 3 aromatic rings. The molecule has 0 saturated carbocycles. The molecule has 11 heteroatoms. The van der Waals surface area contributed by atoms with Crippen molar-refractivity contribution in [1.29, 1.82) is 0 Å². The molecule has 0 bridgehead atoms. The van der Waals surface area contributed by atoms with Crippen molar-refractivity contribution >= 4 is 27.5 Å². The van der Waals surface area contributed by atoms with E-state index in [-0.39, 0.29) is 28.7 Å². The van der Waals surface area contributed by atoms with Gasteiger partial charge in [-0.25, -0.2) is 22.5 Å². The first kappa shape index (κ1) is 19.9. The van der Waals surface area contributed by atoms with Crippen molar-refractivity contribution in [2.24, 2.45) is 0 Å². The zero-order valence-electron chi connectivity index (χ0n) is 14.2. The smallest absolute Gasteiger partial charge is 0.270 e. The predicted octanol–water partition coefficient (Wildman–Crippen LogP) is 2.27. The Morgan fingerprint density at radius 3 is 2.64 bits per heavy atom. The second-order valence-corrected chi connectivity index (χ2v) is 7.79. The molecule has 0 unspecified atom stereocenters. The van der Waals surface area contributed by atoms with Gasteiger partial charge in [0.15, 0.2) is 6.39 Å². The summed E-state index contributed by atoms with van der Waals surface area (Å²) in [4.78, 5) is 19.8. The number of nitrogens with zero attached hydrogens (tertiary/aromatic N) is 2. The molecule has 3 rings (SSSR count). The van der Waals surface area contributed by atoms with E-state index in [4.69, 9.17) is 16.0 Å². The van der Waals surface area contributed by atoms with Crippen LogP contribution in [0.15, 0.2) is 58.5 Å². The number of aromatic nitrogens is 2. The lowest BCUT2D eigenvalue weighted by Crippen LogP contribution is -2.25. The summed E-state index contributed by atoms with van der Waals surface area (Å²) in [6, 6.07) is 6.16. The Hall–Kier alpha value is -2.82. The summed E-state index contributed by atoms with van der Waals surface area (Å²) in [5.41, 5.74) is 1.27. The fourth-order valence-corrected chi connectivity index (χ4v) is 3.44. The molecule has 1 amide bonds. The normalized spacial score (nSPS) is 11.4. The van der Waals surface area contributed by atoms with E-state index in [0.29, 0.717) is 11.3 Å². The Balaban J connectivity index is 1.59. The summed E-state index contributed by atoms with van der Waals surface area (Å²) in [6.07, 6.45) is 4.05. The molecule has 8 nitrogen and oxygen atoms in total. The molecule has 2 heterocycles. The third kappa shape index (κ3) is 4.91. The Labute approximate surface area is 164 Å². The van der Waals surface area contributed by atoms with Crippen LogP contribution in [0, 0.1) is 5.82 Å². The number of hydrogen-bond acceptors (Lipinski definition) is 6. The highest BCUT2D eigenvalue weighted by molar-refractivity contribution is 7.89. The summed E-state index contributed by atoms with van der Waals surface area (Å²) < 4.78 is 44.9. The maximum atomic E-state index is 13.2. The third-order valence-electron chi connectivity index (χ3n) is 3.64. The molecule has 1 aromatic carbocycles. The van der Waals surface area contributed by atoms with Crippen LogP contribution >= 0.6 is 11.6 Å². The van der Waals surface area contributed by atoms with Crippen molar-refractivity contribution in [2.75, 3.05) is 0 Å². The lowest BCUT2D eigenvalue weighted by molar-refractivity contribution is 0.0945. The van der Waals surface area contributed by atoms with Gasteiger partial charge in [-0.3, -0.25) is 9.78 Å². The predicted molar refractivity (Wildman–Crippen MR) is 97.3 cm³/mol. The minimum Gasteiger partial charge on any atom is -0.451 e. The average Bonchev–Trinajstić information content (AvgIpc) is 3.20. The Morgan fingerprint density at radius 2 is 2.00 bits per heavy atom. The van der Waals surface area contributed by atoms with Crippen LogP contribution in [0.5, 0.6) is 0 Å². The van der Waals surface area contributed by atoms with Gasteiger partial charge in [0.25, 0.3) is 5.91 Å². The van der Waals surface area contributed by atoms with E-state index in [2.05, 4.69) is 20.0 Å². The fourth-order valence-electron chi connectivity index (χ4n) is 2.16. The van der Waals surface area contributed by atoms with Crippen LogP contribution in [-0.2, 0) is 23.1 Å². The number of halogens is 2. The summed E-state index contributed by atoms with van der Waals surface area (Å²) in [5.74, 6) is -1.11. The van der Waals surface area contributed by atoms with Crippen LogP contribution in [0.2, 0.25) is 5.02 Å². The average molecular weight is 425 g/mol. The van der Waals surface area contributed by atoms with Gasteiger partial charge in [-0.2, -0.15) is 0 Å². The summed E-state index contributed by atoms with van der Waals surface area (Å²) in [5, 5.41) is 2.34. The highest BCUT2D eigenvalue weighted by Crippen LogP contribution is 2.19. The molecule has 2 N–H and O–H groups in total. The van der Waals surface area contributed by atoms with Gasteiger partial charge in [-0.1, -0.05) is 17.7 Å². The van der Waals surface area contributed by atoms with Crippen molar-refractivity contribution in [3.63, 3.8) is 0 Å². The fraction of sp³-hybridized carbons (Fsp3) is 0.118. The molecule has 0 atom stereocenters. The van der Waals surface area contributed by atoms with Crippen LogP contribution in [0.4, 0.5) is 4.39 Å². The van der Waals surface area contributed by atoms with Crippen molar-refractivity contribution < 1.29 is 22.0 Å². The first-order chi connectivity index (χ1) is 13.3. The summed E-state index contributed by atoms with van der Waals surface area (Å²) >= 11 is 5.62. The van der Waals surface area contributed by atoms with Crippen molar-refractivity contribution in [1.82, 2.24) is 20.0 Å². The van der Waals surface area contributed by atoms with Crippen LogP contribution in [0.3, 0.4) is 0 Å². The topological polar surface area (TPSA) is 114 Å². The van der Waals surface area contributed by atoms with Gasteiger partial charge in [0.2, 0.25) is 10.0 Å². The van der Waals surface area contributed by atoms with E-state index in [0.717, 1.165) is 18.2 Å². The largest absolute Gasteiger partial charge is 0.451 e. The molecule has 0 spiro atoms. The highest BCUT2D eigenvalue weighted by atomic mass is 35.5. The number of nitrogens with one attached hydrogen (secondary N) is 2. The Bertz CT molecular complexity index is 1070. The minimum absolute atomic E-state index is 0.0643. The van der Waals surface area contributed by atoms with E-state index in [1.165, 1.54) is 24.9 Å². The van der Waals surface area contributed by atoms with E-state index in [9.17, 15) is 17.6 Å². The lowest BCUT2D eigenvalue weighted by Gasteiger charge is -2.08. The Kier molecular flexibility index (Phi) is 6.02. The number of carbonyl (C=O) groups is 1. The molecule has 28 heavy (non-hydrogen) atoms. The van der Waals surface area contributed by atoms with Gasteiger partial charge in [-0.05, 0) is 29.8 Å². The first-order valence-corrected chi connectivity index (χ1v) is 9.76. The second-order valence-electron chi connectivity index (χ2n) is 5.61. The lowest BCUT2D eigenvalue weighted by atomic mass is 10.2. The minimum atomic E-state index is -3.88. The molecule has 0 aliphatic rings. The van der Waals surface area contributed by atoms with E-state index < -0.39 is 21.7 Å². The molecule has 0 aliphatic heterocycles. The van der Waals surface area contributed by atoms with Gasteiger partial charge in [0.05, 0.1) is 22.2 Å². The Morgan fingerprint density at radius 1 is 1.18 bits per heavy atom. The van der Waals surface area contributed by atoms with Crippen LogP contribution in [-0.4, -0.2) is 24.3 Å². The summed E-state index contributed by atoms with van der Waals surface area (Å²) in [7, 11) is -3.88. The van der Waals surface area contributed by atoms with Crippen molar-refractivity contribution in [3.8, 4) is 0 Å². The number of oxazole rings is 1. The van der Waals surface area contributed by atoms with Gasteiger partial charge in [0, 0.05) is 12.7 Å². The number of benzene rings is 1. The molecular formula is C17H14ClFN4O4S. The maximum absolute atomic E-state index is 13.2. The molecule has 0 fully saturated rings. The van der Waals surface area contributed by atoms with Gasteiger partial charge < -0.3 is 9.73 Å². The molecule has 2 aromatic heterocycles. The number of pyridine rings is 1. The number of sulfonamides is 1. The maximum Gasteiger partial charge on any atom is 0.270 e. The SMILES string of the molecule is O=C(NCc1cocn1)c1ccc(CNS(=O)(=O)c2ccc(F)c(Cl)c2)cn1. The second kappa shape index (κ2) is 8.46. The van der Waals surface area contributed by atoms with Crippen molar-refractivity contribution in [3.05, 3.63) is 77.0 Å². The van der Waals surface area contributed by atoms with Gasteiger partial charge in [-0.15, -0.1) is 0 Å². The monoisotopic (exact) mass is 424 g/mol. The first-order valence-electron chi connectivity index (χ1n) is 7.90. The highest BCUT2D eigenvalue weighted by Gasteiger charge is 2.16. The van der Waals surface area contributed by atoms with Crippen molar-refractivity contribution in [2.45, 2.75) is 18.0 Å². The van der Waals surface area contributed by atoms with E-state index in [1.807, 2.05) is 0 Å². The van der Waals surface area contributed by atoms with E-state index >= 15 is 0 Å². The number of amides is 1. The van der Waals surface area contributed by atoms with Gasteiger partial charge in [0.1, 0.15) is 17.8 Å². The summed E-state index contributed by atoms with van der Waals surface area (Å²) in [6.45, 7) is 0.129. The molecule has 0 saturated heterocycles. The zero-order chi connectivity index (χ0) is 20.1. The molecule has 0 radical (unpaired) electrons. The van der Waals surface area contributed by atoms with E-state index in [1.54, 1.807) is 6.07 Å². The number of hydrogen-bond donors (Lipinski definition) is 2. The number of rotatable bonds is 7. The van der Waals surface area contributed by atoms with Crippen LogP contribution in [0.25, 0.3) is 0 Å². The number of carbonyl (C=O) groups excluding carboxylic acids is 1. The van der Waals surface area contributed by atoms with Crippen LogP contribution in [0.1, 0.15) is 21.7 Å². The van der Waals surface area contributed by atoms with Gasteiger partial charge >= 0.3 is 0 Å². The molecular weight excluding hydrogens is 411 g/mol. The van der Waals surface area contributed by atoms with Crippen LogP contribution < -0.4 is 10.0 Å². The quantitative estimate of drug-likeness (QED) is 0.601.